The van der Waals surface area contributed by atoms with E-state index in [4.69, 9.17) is 16.3 Å². The summed E-state index contributed by atoms with van der Waals surface area (Å²) in [6.45, 7) is 2.69. The van der Waals surface area contributed by atoms with E-state index in [2.05, 4.69) is 9.62 Å². The van der Waals surface area contributed by atoms with Crippen molar-refractivity contribution in [3.63, 3.8) is 0 Å². The summed E-state index contributed by atoms with van der Waals surface area (Å²) >= 11 is 5.90. The molecular weight excluding hydrogens is 379 g/mol. The molecule has 2 aromatic carbocycles. The molecule has 0 spiro atoms. The van der Waals surface area contributed by atoms with Gasteiger partial charge in [0.05, 0.1) is 18.1 Å². The lowest BCUT2D eigenvalue weighted by atomic mass is 10.0. The summed E-state index contributed by atoms with van der Waals surface area (Å²) in [4.78, 5) is 2.25. The Hall–Kier alpha value is -1.51. The van der Waals surface area contributed by atoms with E-state index in [1.807, 2.05) is 0 Å². The molecule has 0 radical (unpaired) electrons. The molecule has 2 aromatic rings. The quantitative estimate of drug-likeness (QED) is 0.812. The third-order valence-corrected chi connectivity index (χ3v) is 5.97. The van der Waals surface area contributed by atoms with Gasteiger partial charge in [-0.05, 0) is 35.9 Å². The zero-order valence-electron chi connectivity index (χ0n) is 14.1. The van der Waals surface area contributed by atoms with Crippen molar-refractivity contribution in [1.29, 1.82) is 0 Å². The minimum Gasteiger partial charge on any atom is -0.379 e. The van der Waals surface area contributed by atoms with Gasteiger partial charge >= 0.3 is 0 Å². The average molecular weight is 399 g/mol. The van der Waals surface area contributed by atoms with Gasteiger partial charge in [0.1, 0.15) is 5.82 Å². The molecule has 1 aliphatic rings. The first-order chi connectivity index (χ1) is 12.5. The number of nitrogens with zero attached hydrogens (tertiary/aromatic N) is 1. The van der Waals surface area contributed by atoms with Crippen LogP contribution in [0.1, 0.15) is 11.6 Å². The van der Waals surface area contributed by atoms with Gasteiger partial charge in [-0.3, -0.25) is 4.90 Å². The van der Waals surface area contributed by atoms with Crippen LogP contribution in [-0.4, -0.2) is 46.2 Å². The van der Waals surface area contributed by atoms with Crippen molar-refractivity contribution in [2.24, 2.45) is 0 Å². The van der Waals surface area contributed by atoms with Crippen LogP contribution in [0.3, 0.4) is 0 Å². The molecule has 3 rings (SSSR count). The van der Waals surface area contributed by atoms with Crippen molar-refractivity contribution < 1.29 is 17.5 Å². The monoisotopic (exact) mass is 398 g/mol. The van der Waals surface area contributed by atoms with Gasteiger partial charge in [0.2, 0.25) is 10.0 Å². The molecule has 1 saturated heterocycles. The summed E-state index contributed by atoms with van der Waals surface area (Å²) in [7, 11) is -3.70. The predicted octanol–water partition coefficient (Wildman–Crippen LogP) is 2.83. The van der Waals surface area contributed by atoms with Gasteiger partial charge in [0.15, 0.2) is 0 Å². The van der Waals surface area contributed by atoms with Gasteiger partial charge in [-0.1, -0.05) is 29.8 Å². The molecule has 1 atom stereocenters. The smallest absolute Gasteiger partial charge is 0.240 e. The minimum absolute atomic E-state index is 0.116. The Morgan fingerprint density at radius 2 is 1.85 bits per heavy atom. The van der Waals surface area contributed by atoms with Crippen LogP contribution < -0.4 is 4.72 Å². The zero-order chi connectivity index (χ0) is 18.6. The van der Waals surface area contributed by atoms with E-state index < -0.39 is 10.0 Å². The molecule has 0 saturated carbocycles. The Bertz CT molecular complexity index is 840. The van der Waals surface area contributed by atoms with Crippen LogP contribution in [0.25, 0.3) is 0 Å². The Kier molecular flexibility index (Phi) is 6.26. The highest BCUT2D eigenvalue weighted by Crippen LogP contribution is 2.23. The highest BCUT2D eigenvalue weighted by atomic mass is 35.5. The van der Waals surface area contributed by atoms with Gasteiger partial charge in [-0.25, -0.2) is 17.5 Å². The first-order valence-corrected chi connectivity index (χ1v) is 10.1. The van der Waals surface area contributed by atoms with Crippen LogP contribution in [-0.2, 0) is 14.8 Å². The van der Waals surface area contributed by atoms with Gasteiger partial charge in [0.25, 0.3) is 0 Å². The maximum atomic E-state index is 13.3. The Morgan fingerprint density at radius 1 is 1.15 bits per heavy atom. The summed E-state index contributed by atoms with van der Waals surface area (Å²) in [6.07, 6.45) is 0. The van der Waals surface area contributed by atoms with Crippen molar-refractivity contribution in [2.45, 2.75) is 10.9 Å². The SMILES string of the molecule is O=S(=O)(NC[C@@H](c1ccc(F)cc1)N1CCOCC1)c1cccc(Cl)c1. The molecule has 0 amide bonds. The fourth-order valence-electron chi connectivity index (χ4n) is 2.94. The van der Waals surface area contributed by atoms with Crippen molar-refractivity contribution in [1.82, 2.24) is 9.62 Å². The second-order valence-electron chi connectivity index (χ2n) is 6.02. The summed E-state index contributed by atoms with van der Waals surface area (Å²) < 4.78 is 46.5. The van der Waals surface area contributed by atoms with Crippen molar-refractivity contribution >= 4 is 21.6 Å². The predicted molar refractivity (Wildman–Crippen MR) is 98.2 cm³/mol. The third kappa shape index (κ3) is 4.81. The van der Waals surface area contributed by atoms with Crippen LogP contribution in [0.2, 0.25) is 5.02 Å². The lowest BCUT2D eigenvalue weighted by Gasteiger charge is -2.34. The normalized spacial score (nSPS) is 17.2. The van der Waals surface area contributed by atoms with Crippen LogP contribution in [0.5, 0.6) is 0 Å². The van der Waals surface area contributed by atoms with Crippen molar-refractivity contribution in [3.05, 3.63) is 64.9 Å². The van der Waals surface area contributed by atoms with E-state index in [9.17, 15) is 12.8 Å². The van der Waals surface area contributed by atoms with E-state index in [1.165, 1.54) is 24.3 Å². The fraction of sp³-hybridized carbons (Fsp3) is 0.333. The fourth-order valence-corrected chi connectivity index (χ4v) is 4.28. The number of morpholine rings is 1. The Morgan fingerprint density at radius 3 is 2.50 bits per heavy atom. The van der Waals surface area contributed by atoms with E-state index in [0.29, 0.717) is 31.3 Å². The lowest BCUT2D eigenvalue weighted by molar-refractivity contribution is 0.0172. The minimum atomic E-state index is -3.70. The first kappa shape index (κ1) is 19.3. The second kappa shape index (κ2) is 8.45. The molecule has 140 valence electrons. The van der Waals surface area contributed by atoms with Crippen molar-refractivity contribution in [3.8, 4) is 0 Å². The largest absolute Gasteiger partial charge is 0.379 e. The van der Waals surface area contributed by atoms with Gasteiger partial charge in [-0.15, -0.1) is 0 Å². The van der Waals surface area contributed by atoms with Crippen LogP contribution in [0, 0.1) is 5.82 Å². The number of benzene rings is 2. The van der Waals surface area contributed by atoms with Crippen LogP contribution >= 0.6 is 11.6 Å². The number of sulfonamides is 1. The van der Waals surface area contributed by atoms with E-state index >= 15 is 0 Å². The molecule has 1 N–H and O–H groups in total. The molecular formula is C18H20ClFN2O3S. The van der Waals surface area contributed by atoms with Crippen molar-refractivity contribution in [2.75, 3.05) is 32.8 Å². The number of hydrogen-bond donors (Lipinski definition) is 1. The second-order valence-corrected chi connectivity index (χ2v) is 8.23. The molecule has 1 fully saturated rings. The third-order valence-electron chi connectivity index (χ3n) is 4.31. The van der Waals surface area contributed by atoms with Gasteiger partial charge in [-0.2, -0.15) is 0 Å². The van der Waals surface area contributed by atoms with Crippen LogP contribution in [0.15, 0.2) is 53.4 Å². The number of nitrogens with one attached hydrogen (secondary N) is 1. The highest BCUT2D eigenvalue weighted by Gasteiger charge is 2.25. The molecule has 0 bridgehead atoms. The van der Waals surface area contributed by atoms with E-state index in [1.54, 1.807) is 24.3 Å². The van der Waals surface area contributed by atoms with Gasteiger partial charge in [0, 0.05) is 30.7 Å². The maximum absolute atomic E-state index is 13.3. The van der Waals surface area contributed by atoms with Gasteiger partial charge < -0.3 is 4.74 Å². The Balaban J connectivity index is 1.80. The van der Waals surface area contributed by atoms with E-state index in [0.717, 1.165) is 5.56 Å². The summed E-state index contributed by atoms with van der Waals surface area (Å²) in [5.41, 5.74) is 0.849. The number of ether oxygens (including phenoxy) is 1. The first-order valence-electron chi connectivity index (χ1n) is 8.28. The Labute approximate surface area is 157 Å². The summed E-state index contributed by atoms with van der Waals surface area (Å²) in [5.74, 6) is -0.325. The average Bonchev–Trinajstić information content (AvgIpc) is 2.64. The maximum Gasteiger partial charge on any atom is 0.240 e. The van der Waals surface area contributed by atoms with E-state index in [-0.39, 0.29) is 23.3 Å². The molecule has 8 heteroatoms. The molecule has 0 aromatic heterocycles. The standard InChI is InChI=1S/C18H20ClFN2O3S/c19-15-2-1-3-17(12-15)26(23,24)21-13-18(22-8-10-25-11-9-22)14-4-6-16(20)7-5-14/h1-7,12,18,21H,8-11,13H2/t18-/m0/s1. The highest BCUT2D eigenvalue weighted by molar-refractivity contribution is 7.89. The molecule has 1 aliphatic heterocycles. The lowest BCUT2D eigenvalue weighted by Crippen LogP contribution is -2.43. The topological polar surface area (TPSA) is 58.6 Å². The molecule has 1 heterocycles. The number of halogens is 2. The molecule has 0 unspecified atom stereocenters. The number of hydrogen-bond acceptors (Lipinski definition) is 4. The summed E-state index contributed by atoms with van der Waals surface area (Å²) in [5, 5.41) is 0.358. The summed E-state index contributed by atoms with van der Waals surface area (Å²) in [6, 6.07) is 12.0. The molecule has 0 aliphatic carbocycles. The molecule has 5 nitrogen and oxygen atoms in total. The number of rotatable bonds is 6. The zero-order valence-corrected chi connectivity index (χ0v) is 15.6. The van der Waals surface area contributed by atoms with Crippen LogP contribution in [0.4, 0.5) is 4.39 Å². The molecule has 26 heavy (non-hydrogen) atoms.